The molecule has 8 heteroatoms. The Balaban J connectivity index is 2.34. The van der Waals surface area contributed by atoms with Crippen LogP contribution in [-0.4, -0.2) is 39.1 Å². The van der Waals surface area contributed by atoms with Gasteiger partial charge in [0.2, 0.25) is 0 Å². The van der Waals surface area contributed by atoms with Crippen molar-refractivity contribution in [2.24, 2.45) is 5.92 Å². The zero-order valence-corrected chi connectivity index (χ0v) is 15.6. The molecule has 1 saturated heterocycles. The minimum Gasteiger partial charge on any atom is -0.480 e. The number of amides is 1. The molecule has 2 atom stereocenters. The molecule has 1 N–H and O–H groups in total. The quantitative estimate of drug-likeness (QED) is 0.771. The van der Waals surface area contributed by atoms with E-state index in [9.17, 15) is 14.7 Å². The molecule has 1 aromatic rings. The van der Waals surface area contributed by atoms with E-state index in [-0.39, 0.29) is 17.2 Å². The number of aliphatic carboxylic acids is 1. The second-order valence-electron chi connectivity index (χ2n) is 4.77. The van der Waals surface area contributed by atoms with Crippen LogP contribution in [-0.2, 0) is 4.79 Å². The van der Waals surface area contributed by atoms with E-state index in [4.69, 9.17) is 0 Å². The van der Waals surface area contributed by atoms with Crippen molar-refractivity contribution in [1.29, 1.82) is 0 Å². The predicted octanol–water partition coefficient (Wildman–Crippen LogP) is 3.90. The molecule has 1 fully saturated rings. The van der Waals surface area contributed by atoms with Crippen LogP contribution in [0.3, 0.4) is 0 Å². The van der Waals surface area contributed by atoms with E-state index >= 15 is 0 Å². The molecule has 2 heterocycles. The first kappa shape index (κ1) is 16.3. The van der Waals surface area contributed by atoms with Gasteiger partial charge in [-0.25, -0.2) is 4.79 Å². The fourth-order valence-corrected chi connectivity index (χ4v) is 5.52. The van der Waals surface area contributed by atoms with Crippen molar-refractivity contribution in [1.82, 2.24) is 4.90 Å². The molecule has 1 aromatic heterocycles. The largest absolute Gasteiger partial charge is 0.480 e. The molecule has 0 saturated carbocycles. The molecule has 0 radical (unpaired) electrons. The van der Waals surface area contributed by atoms with Crippen molar-refractivity contribution in [2.75, 3.05) is 5.75 Å². The maximum absolute atomic E-state index is 12.7. The van der Waals surface area contributed by atoms with Gasteiger partial charge in [-0.1, -0.05) is 13.8 Å². The Hall–Kier alpha value is -0.0500. The number of carbonyl (C=O) groups is 2. The summed E-state index contributed by atoms with van der Waals surface area (Å²) in [5.41, 5.74) is 0. The molecule has 1 amide bonds. The molecule has 1 aliphatic heterocycles. The molecule has 20 heavy (non-hydrogen) atoms. The van der Waals surface area contributed by atoms with Crippen molar-refractivity contribution < 1.29 is 14.7 Å². The van der Waals surface area contributed by atoms with Crippen molar-refractivity contribution >= 4 is 66.8 Å². The average molecular weight is 443 g/mol. The smallest absolute Gasteiger partial charge is 0.327 e. The van der Waals surface area contributed by atoms with Crippen molar-refractivity contribution in [3.8, 4) is 0 Å². The van der Waals surface area contributed by atoms with E-state index in [1.807, 2.05) is 13.8 Å². The molecule has 2 unspecified atom stereocenters. The second kappa shape index (κ2) is 6.37. The van der Waals surface area contributed by atoms with Crippen molar-refractivity contribution in [3.63, 3.8) is 0 Å². The fraction of sp³-hybridized carbons (Fsp3) is 0.500. The minimum atomic E-state index is -0.941. The van der Waals surface area contributed by atoms with Crippen LogP contribution in [0, 0.1) is 5.92 Å². The summed E-state index contributed by atoms with van der Waals surface area (Å²) in [5.74, 6) is -0.501. The van der Waals surface area contributed by atoms with Gasteiger partial charge in [0, 0.05) is 10.2 Å². The minimum absolute atomic E-state index is 0.0942. The highest BCUT2D eigenvalue weighted by atomic mass is 79.9. The number of nitrogens with zero attached hydrogens (tertiary/aromatic N) is 1. The van der Waals surface area contributed by atoms with Crippen molar-refractivity contribution in [3.05, 3.63) is 19.2 Å². The number of carboxylic acid groups (broad SMARTS) is 1. The fourth-order valence-electron chi connectivity index (χ4n) is 2.07. The Morgan fingerprint density at radius 2 is 2.10 bits per heavy atom. The van der Waals surface area contributed by atoms with E-state index in [1.54, 1.807) is 6.07 Å². The van der Waals surface area contributed by atoms with Crippen LogP contribution >= 0.6 is 55.0 Å². The number of carbonyl (C=O) groups excluding carboxylic acids is 1. The normalized spacial score (nSPS) is 22.6. The van der Waals surface area contributed by atoms with Gasteiger partial charge in [0.25, 0.3) is 5.91 Å². The molecule has 110 valence electrons. The Bertz CT molecular complexity index is 527. The number of hydrogen-bond donors (Lipinski definition) is 1. The van der Waals surface area contributed by atoms with Gasteiger partial charge in [-0.05, 0) is 43.8 Å². The van der Waals surface area contributed by atoms with Gasteiger partial charge in [0.05, 0.1) is 14.0 Å². The van der Waals surface area contributed by atoms with Gasteiger partial charge in [-0.2, -0.15) is 0 Å². The van der Waals surface area contributed by atoms with Crippen LogP contribution in [0.2, 0.25) is 0 Å². The second-order valence-corrected chi connectivity index (χ2v) is 9.14. The van der Waals surface area contributed by atoms with Crippen LogP contribution in [0.25, 0.3) is 0 Å². The molecule has 1 aliphatic rings. The summed E-state index contributed by atoms with van der Waals surface area (Å²) in [5, 5.41) is 9.22. The lowest BCUT2D eigenvalue weighted by molar-refractivity contribution is -0.141. The number of carboxylic acids is 1. The van der Waals surface area contributed by atoms with Gasteiger partial charge in [0.1, 0.15) is 6.04 Å². The Morgan fingerprint density at radius 1 is 1.45 bits per heavy atom. The summed E-state index contributed by atoms with van der Waals surface area (Å²) in [6, 6.07) is 0.982. The number of thioether (sulfide) groups is 1. The Kier molecular flexibility index (Phi) is 5.20. The van der Waals surface area contributed by atoms with Gasteiger partial charge in [-0.15, -0.1) is 23.1 Å². The zero-order valence-electron chi connectivity index (χ0n) is 10.8. The van der Waals surface area contributed by atoms with Crippen LogP contribution in [0.15, 0.2) is 14.3 Å². The van der Waals surface area contributed by atoms with Gasteiger partial charge in [0.15, 0.2) is 0 Å². The topological polar surface area (TPSA) is 57.6 Å². The lowest BCUT2D eigenvalue weighted by atomic mass is 10.1. The molecule has 0 aliphatic carbocycles. The first-order chi connectivity index (χ1) is 9.32. The van der Waals surface area contributed by atoms with Gasteiger partial charge < -0.3 is 10.0 Å². The van der Waals surface area contributed by atoms with Crippen LogP contribution in [0.4, 0.5) is 0 Å². The Morgan fingerprint density at radius 3 is 2.55 bits per heavy atom. The van der Waals surface area contributed by atoms with E-state index < -0.39 is 12.0 Å². The molecule has 0 bridgehead atoms. The van der Waals surface area contributed by atoms with Crippen LogP contribution in [0.1, 0.15) is 23.5 Å². The third kappa shape index (κ3) is 3.08. The van der Waals surface area contributed by atoms with Gasteiger partial charge in [-0.3, -0.25) is 4.79 Å². The van der Waals surface area contributed by atoms with E-state index in [2.05, 4.69) is 31.9 Å². The zero-order chi connectivity index (χ0) is 15.0. The summed E-state index contributed by atoms with van der Waals surface area (Å²) in [6.07, 6.45) is 0. The highest BCUT2D eigenvalue weighted by molar-refractivity contribution is 9.13. The van der Waals surface area contributed by atoms with Gasteiger partial charge >= 0.3 is 5.97 Å². The number of hydrogen-bond acceptors (Lipinski definition) is 4. The number of rotatable bonds is 3. The summed E-state index contributed by atoms with van der Waals surface area (Å²) >= 11 is 9.56. The molecule has 0 aromatic carbocycles. The summed E-state index contributed by atoms with van der Waals surface area (Å²) < 4.78 is 1.64. The summed E-state index contributed by atoms with van der Waals surface area (Å²) in [6.45, 7) is 4.00. The lowest BCUT2D eigenvalue weighted by Gasteiger charge is -2.29. The number of halogens is 2. The van der Waals surface area contributed by atoms with Crippen LogP contribution < -0.4 is 0 Å². The van der Waals surface area contributed by atoms with Crippen LogP contribution in [0.5, 0.6) is 0 Å². The predicted molar refractivity (Wildman–Crippen MR) is 88.4 cm³/mol. The lowest BCUT2D eigenvalue weighted by Crippen LogP contribution is -2.46. The SMILES string of the molecule is CC(C)C1SCC(C(=O)O)N1C(=O)c1cc(Br)c(Br)s1. The first-order valence-corrected chi connectivity index (χ1v) is 9.40. The molecule has 4 nitrogen and oxygen atoms in total. The van der Waals surface area contributed by atoms with E-state index in [1.165, 1.54) is 28.0 Å². The highest BCUT2D eigenvalue weighted by Gasteiger charge is 2.43. The third-order valence-corrected chi connectivity index (χ3v) is 7.85. The number of thiophene rings is 1. The highest BCUT2D eigenvalue weighted by Crippen LogP contribution is 2.38. The standard InChI is InChI=1S/C12H13Br2NO3S2/c1-5(2)11-15(7(4-19-11)12(17)18)10(16)8-3-6(13)9(14)20-8/h3,5,7,11H,4H2,1-2H3,(H,17,18). The molecular weight excluding hydrogens is 430 g/mol. The van der Waals surface area contributed by atoms with E-state index in [0.29, 0.717) is 10.6 Å². The Labute approximate surface area is 142 Å². The average Bonchev–Trinajstić information content (AvgIpc) is 2.93. The molecule has 0 spiro atoms. The van der Waals surface area contributed by atoms with E-state index in [0.717, 1.165) is 8.26 Å². The summed E-state index contributed by atoms with van der Waals surface area (Å²) in [4.78, 5) is 26.1. The first-order valence-electron chi connectivity index (χ1n) is 5.94. The monoisotopic (exact) mass is 441 g/mol. The maximum Gasteiger partial charge on any atom is 0.327 e. The molecular formula is C12H13Br2NO3S2. The summed E-state index contributed by atoms with van der Waals surface area (Å²) in [7, 11) is 0. The maximum atomic E-state index is 12.7. The third-order valence-electron chi connectivity index (χ3n) is 2.98. The van der Waals surface area contributed by atoms with Crippen molar-refractivity contribution in [2.45, 2.75) is 25.3 Å². The molecule has 2 rings (SSSR count).